The standard InChI is InChI=1S/C21H21N5OS/c1-14-9-10-18(15(2)11-14)26-19(12-17-7-5-4-6-8-17)23-24-21(26)28-13-20-22-16(3)25-27-20/h4-11H,12-13H2,1-3H3. The summed E-state index contributed by atoms with van der Waals surface area (Å²) in [6.07, 6.45) is 0.710. The van der Waals surface area contributed by atoms with Crippen molar-refractivity contribution < 1.29 is 4.52 Å². The molecule has 28 heavy (non-hydrogen) atoms. The largest absolute Gasteiger partial charge is 0.338 e. The summed E-state index contributed by atoms with van der Waals surface area (Å²) in [6.45, 7) is 6.03. The lowest BCUT2D eigenvalue weighted by atomic mass is 10.1. The second-order valence-electron chi connectivity index (χ2n) is 6.71. The van der Waals surface area contributed by atoms with E-state index in [1.165, 1.54) is 16.7 Å². The van der Waals surface area contributed by atoms with Gasteiger partial charge in [-0.25, -0.2) is 0 Å². The summed E-state index contributed by atoms with van der Waals surface area (Å²) < 4.78 is 7.37. The Bertz CT molecular complexity index is 1090. The van der Waals surface area contributed by atoms with E-state index in [1.807, 2.05) is 25.1 Å². The van der Waals surface area contributed by atoms with E-state index in [2.05, 4.69) is 69.1 Å². The number of hydrogen-bond acceptors (Lipinski definition) is 6. The molecular formula is C21H21N5OS. The number of nitrogens with zero attached hydrogens (tertiary/aromatic N) is 5. The van der Waals surface area contributed by atoms with Crippen molar-refractivity contribution in [3.05, 3.63) is 82.8 Å². The van der Waals surface area contributed by atoms with Crippen LogP contribution in [-0.2, 0) is 12.2 Å². The molecule has 6 nitrogen and oxygen atoms in total. The van der Waals surface area contributed by atoms with E-state index in [-0.39, 0.29) is 0 Å². The number of rotatable bonds is 6. The van der Waals surface area contributed by atoms with Crippen LogP contribution in [0, 0.1) is 20.8 Å². The molecule has 0 amide bonds. The first-order chi connectivity index (χ1) is 13.6. The van der Waals surface area contributed by atoms with Crippen molar-refractivity contribution in [1.29, 1.82) is 0 Å². The van der Waals surface area contributed by atoms with E-state index >= 15 is 0 Å². The van der Waals surface area contributed by atoms with E-state index in [4.69, 9.17) is 4.52 Å². The van der Waals surface area contributed by atoms with Gasteiger partial charge in [-0.3, -0.25) is 4.57 Å². The fourth-order valence-corrected chi connectivity index (χ4v) is 3.91. The molecule has 0 radical (unpaired) electrons. The molecule has 142 valence electrons. The molecule has 2 heterocycles. The van der Waals surface area contributed by atoms with E-state index < -0.39 is 0 Å². The average Bonchev–Trinajstić information content (AvgIpc) is 3.27. The fraction of sp³-hybridized carbons (Fsp3) is 0.238. The fourth-order valence-electron chi connectivity index (χ4n) is 3.11. The molecule has 0 aliphatic rings. The molecule has 0 aliphatic heterocycles. The van der Waals surface area contributed by atoms with Gasteiger partial charge in [-0.15, -0.1) is 10.2 Å². The summed E-state index contributed by atoms with van der Waals surface area (Å²) in [4.78, 5) is 4.28. The van der Waals surface area contributed by atoms with E-state index in [1.54, 1.807) is 11.8 Å². The van der Waals surface area contributed by atoms with Gasteiger partial charge in [0.1, 0.15) is 5.82 Å². The van der Waals surface area contributed by atoms with Crippen LogP contribution in [0.1, 0.15) is 34.2 Å². The zero-order chi connectivity index (χ0) is 19.5. The third-order valence-corrected chi connectivity index (χ3v) is 5.31. The topological polar surface area (TPSA) is 69.6 Å². The van der Waals surface area contributed by atoms with Crippen LogP contribution < -0.4 is 0 Å². The first-order valence-corrected chi connectivity index (χ1v) is 10.1. The van der Waals surface area contributed by atoms with Crippen molar-refractivity contribution >= 4 is 11.8 Å². The predicted octanol–water partition coefficient (Wildman–Crippen LogP) is 4.46. The summed E-state index contributed by atoms with van der Waals surface area (Å²) in [5.74, 6) is 2.68. The van der Waals surface area contributed by atoms with Crippen LogP contribution in [-0.4, -0.2) is 24.9 Å². The number of aryl methyl sites for hydroxylation is 3. The van der Waals surface area contributed by atoms with Crippen molar-refractivity contribution in [2.45, 2.75) is 38.1 Å². The van der Waals surface area contributed by atoms with Gasteiger partial charge >= 0.3 is 0 Å². The van der Waals surface area contributed by atoms with Gasteiger partial charge in [0.25, 0.3) is 0 Å². The Kier molecular flexibility index (Phi) is 5.25. The number of thioether (sulfide) groups is 1. The molecular weight excluding hydrogens is 370 g/mol. The first kappa shape index (κ1) is 18.4. The Morgan fingerprint density at radius 2 is 1.82 bits per heavy atom. The maximum Gasteiger partial charge on any atom is 0.237 e. The lowest BCUT2D eigenvalue weighted by Gasteiger charge is -2.13. The van der Waals surface area contributed by atoms with Crippen LogP contribution in [0.5, 0.6) is 0 Å². The Morgan fingerprint density at radius 3 is 2.54 bits per heavy atom. The second-order valence-corrected chi connectivity index (χ2v) is 7.65. The van der Waals surface area contributed by atoms with Gasteiger partial charge in [-0.05, 0) is 38.0 Å². The minimum atomic E-state index is 0.551. The van der Waals surface area contributed by atoms with Gasteiger partial charge in [0, 0.05) is 6.42 Å². The number of aromatic nitrogens is 5. The van der Waals surface area contributed by atoms with Crippen LogP contribution in [0.25, 0.3) is 5.69 Å². The van der Waals surface area contributed by atoms with E-state index in [0.717, 1.165) is 16.7 Å². The first-order valence-electron chi connectivity index (χ1n) is 9.08. The third-order valence-electron chi connectivity index (χ3n) is 4.39. The Morgan fingerprint density at radius 1 is 1.00 bits per heavy atom. The average molecular weight is 392 g/mol. The molecule has 0 fully saturated rings. The normalized spacial score (nSPS) is 11.1. The minimum absolute atomic E-state index is 0.551. The van der Waals surface area contributed by atoms with Crippen LogP contribution in [0.4, 0.5) is 0 Å². The van der Waals surface area contributed by atoms with Gasteiger partial charge in [-0.1, -0.05) is 64.9 Å². The zero-order valence-electron chi connectivity index (χ0n) is 16.1. The van der Waals surface area contributed by atoms with Crippen LogP contribution in [0.15, 0.2) is 58.2 Å². The SMILES string of the molecule is Cc1ccc(-n2c(Cc3ccccc3)nnc2SCc2nc(C)no2)c(C)c1. The van der Waals surface area contributed by atoms with E-state index in [9.17, 15) is 0 Å². The summed E-state index contributed by atoms with van der Waals surface area (Å²) in [5.41, 5.74) is 4.70. The lowest BCUT2D eigenvalue weighted by molar-refractivity contribution is 0.387. The molecule has 4 rings (SSSR count). The Hall–Kier alpha value is -2.93. The van der Waals surface area contributed by atoms with Crippen molar-refractivity contribution in [2.24, 2.45) is 0 Å². The molecule has 2 aromatic carbocycles. The molecule has 0 unspecified atom stereocenters. The Balaban J connectivity index is 1.71. The molecule has 7 heteroatoms. The van der Waals surface area contributed by atoms with Gasteiger partial charge in [0.05, 0.1) is 11.4 Å². The van der Waals surface area contributed by atoms with Crippen molar-refractivity contribution in [2.75, 3.05) is 0 Å². The minimum Gasteiger partial charge on any atom is -0.338 e. The van der Waals surface area contributed by atoms with Crippen molar-refractivity contribution in [1.82, 2.24) is 24.9 Å². The molecule has 2 aromatic heterocycles. The summed E-state index contributed by atoms with van der Waals surface area (Å²) in [5, 5.41) is 13.6. The highest BCUT2D eigenvalue weighted by molar-refractivity contribution is 7.98. The molecule has 0 aliphatic carbocycles. The molecule has 0 saturated carbocycles. The highest BCUT2D eigenvalue weighted by Gasteiger charge is 2.17. The van der Waals surface area contributed by atoms with Crippen LogP contribution >= 0.6 is 11.8 Å². The summed E-state index contributed by atoms with van der Waals surface area (Å²) >= 11 is 1.55. The van der Waals surface area contributed by atoms with Gasteiger partial charge < -0.3 is 4.52 Å². The number of benzene rings is 2. The highest BCUT2D eigenvalue weighted by Crippen LogP contribution is 2.28. The quantitative estimate of drug-likeness (QED) is 0.452. The number of hydrogen-bond donors (Lipinski definition) is 0. The monoisotopic (exact) mass is 391 g/mol. The van der Waals surface area contributed by atoms with Crippen LogP contribution in [0.3, 0.4) is 0 Å². The van der Waals surface area contributed by atoms with Gasteiger partial charge in [0.2, 0.25) is 5.89 Å². The third kappa shape index (κ3) is 3.99. The Labute approximate surface area is 168 Å². The van der Waals surface area contributed by atoms with Gasteiger partial charge in [0.15, 0.2) is 11.0 Å². The molecule has 0 saturated heterocycles. The van der Waals surface area contributed by atoms with Crippen molar-refractivity contribution in [3.63, 3.8) is 0 Å². The van der Waals surface area contributed by atoms with E-state index in [0.29, 0.717) is 23.9 Å². The maximum absolute atomic E-state index is 5.23. The van der Waals surface area contributed by atoms with Gasteiger partial charge in [-0.2, -0.15) is 4.98 Å². The lowest BCUT2D eigenvalue weighted by Crippen LogP contribution is -2.06. The molecule has 0 N–H and O–H groups in total. The highest BCUT2D eigenvalue weighted by atomic mass is 32.2. The van der Waals surface area contributed by atoms with Crippen LogP contribution in [0.2, 0.25) is 0 Å². The van der Waals surface area contributed by atoms with Crippen molar-refractivity contribution in [3.8, 4) is 5.69 Å². The maximum atomic E-state index is 5.23. The predicted molar refractivity (Wildman–Crippen MR) is 109 cm³/mol. The molecule has 0 atom stereocenters. The summed E-state index contributed by atoms with van der Waals surface area (Å²) in [6, 6.07) is 16.7. The molecule has 0 bridgehead atoms. The molecule has 4 aromatic rings. The smallest absolute Gasteiger partial charge is 0.237 e. The molecule has 0 spiro atoms. The zero-order valence-corrected chi connectivity index (χ0v) is 16.9. The second kappa shape index (κ2) is 7.98. The summed E-state index contributed by atoms with van der Waals surface area (Å²) in [7, 11) is 0.